The van der Waals surface area contributed by atoms with Crippen LogP contribution in [0.5, 0.6) is 0 Å². The molecule has 3 atom stereocenters. The predicted molar refractivity (Wildman–Crippen MR) is 150 cm³/mol. The Morgan fingerprint density at radius 2 is 1.25 bits per heavy atom. The SMILES string of the molecule is CC(CCCCCC(C)n1c(-c2ccccc2)c(-c2ccccc2)n(-c2ccccc2)c1=O)O[PH2]=O. The molecule has 0 radical (unpaired) electrons. The maximum absolute atomic E-state index is 14.1. The molecule has 4 aromatic rings. The lowest BCUT2D eigenvalue weighted by Gasteiger charge is -2.17. The Kier molecular flexibility index (Phi) is 9.16. The molecule has 36 heavy (non-hydrogen) atoms. The first-order valence-electron chi connectivity index (χ1n) is 12.7. The van der Waals surface area contributed by atoms with Crippen molar-refractivity contribution in [2.24, 2.45) is 0 Å². The second-order valence-electron chi connectivity index (χ2n) is 9.28. The van der Waals surface area contributed by atoms with E-state index in [-0.39, 0.29) is 17.8 Å². The molecule has 0 amide bonds. The predicted octanol–water partition coefficient (Wildman–Crippen LogP) is 7.56. The van der Waals surface area contributed by atoms with Crippen LogP contribution in [0.25, 0.3) is 28.2 Å². The molecule has 0 saturated carbocycles. The number of hydrogen-bond donors (Lipinski definition) is 0. The van der Waals surface area contributed by atoms with Gasteiger partial charge < -0.3 is 4.52 Å². The molecule has 0 aliphatic rings. The summed E-state index contributed by atoms with van der Waals surface area (Å²) >= 11 is 0. The molecule has 0 aliphatic carbocycles. The van der Waals surface area contributed by atoms with Crippen molar-refractivity contribution in [1.29, 1.82) is 0 Å². The molecule has 3 unspecified atom stereocenters. The third-order valence-electron chi connectivity index (χ3n) is 6.66. The van der Waals surface area contributed by atoms with Crippen molar-refractivity contribution in [2.75, 3.05) is 0 Å². The van der Waals surface area contributed by atoms with E-state index in [2.05, 4.69) is 31.2 Å². The highest BCUT2D eigenvalue weighted by atomic mass is 31.1. The number of aromatic nitrogens is 2. The van der Waals surface area contributed by atoms with Gasteiger partial charge in [-0.15, -0.1) is 0 Å². The summed E-state index contributed by atoms with van der Waals surface area (Å²) < 4.78 is 19.8. The van der Waals surface area contributed by atoms with Gasteiger partial charge in [-0.1, -0.05) is 98.1 Å². The first-order valence-corrected chi connectivity index (χ1v) is 13.7. The molecule has 4 rings (SSSR count). The van der Waals surface area contributed by atoms with Crippen LogP contribution in [0.1, 0.15) is 52.0 Å². The maximum atomic E-state index is 14.1. The summed E-state index contributed by atoms with van der Waals surface area (Å²) in [5.74, 6) is 0. The zero-order chi connectivity index (χ0) is 25.3. The number of imidazole rings is 1. The second kappa shape index (κ2) is 12.7. The van der Waals surface area contributed by atoms with Crippen molar-refractivity contribution in [2.45, 2.75) is 58.1 Å². The zero-order valence-electron chi connectivity index (χ0n) is 21.0. The Hall–Kier alpha value is -3.14. The average molecular weight is 503 g/mol. The third-order valence-corrected chi connectivity index (χ3v) is 7.23. The highest BCUT2D eigenvalue weighted by molar-refractivity contribution is 7.17. The Morgan fingerprint density at radius 3 is 1.83 bits per heavy atom. The summed E-state index contributed by atoms with van der Waals surface area (Å²) in [6, 6.07) is 30.3. The largest absolute Gasteiger partial charge is 0.334 e. The van der Waals surface area contributed by atoms with Gasteiger partial charge in [-0.25, -0.2) is 4.79 Å². The van der Waals surface area contributed by atoms with Gasteiger partial charge in [0.25, 0.3) is 0 Å². The third kappa shape index (κ3) is 5.98. The summed E-state index contributed by atoms with van der Waals surface area (Å²) in [5.41, 5.74) is 4.74. The van der Waals surface area contributed by atoms with Gasteiger partial charge in [0.2, 0.25) is 0 Å². The van der Waals surface area contributed by atoms with Gasteiger partial charge in [0.05, 0.1) is 23.2 Å². The summed E-state index contributed by atoms with van der Waals surface area (Å²) in [7, 11) is -1.15. The van der Waals surface area contributed by atoms with E-state index in [9.17, 15) is 9.36 Å². The van der Waals surface area contributed by atoms with Crippen molar-refractivity contribution >= 4 is 8.69 Å². The lowest BCUT2D eigenvalue weighted by Crippen LogP contribution is -2.26. The molecule has 0 saturated heterocycles. The smallest absolute Gasteiger partial charge is 0.329 e. The number of hydrogen-bond acceptors (Lipinski definition) is 3. The van der Waals surface area contributed by atoms with Gasteiger partial charge in [0.15, 0.2) is 8.69 Å². The average Bonchev–Trinajstić information content (AvgIpc) is 3.23. The molecular weight excluding hydrogens is 467 g/mol. The van der Waals surface area contributed by atoms with Crippen molar-refractivity contribution in [3.63, 3.8) is 0 Å². The van der Waals surface area contributed by atoms with E-state index in [0.29, 0.717) is 0 Å². The van der Waals surface area contributed by atoms with Crippen LogP contribution in [-0.2, 0) is 9.09 Å². The number of rotatable bonds is 12. The summed E-state index contributed by atoms with van der Waals surface area (Å²) in [4.78, 5) is 14.1. The highest BCUT2D eigenvalue weighted by Gasteiger charge is 2.26. The Bertz CT molecular complexity index is 1300. The van der Waals surface area contributed by atoms with Crippen LogP contribution in [0.4, 0.5) is 0 Å². The van der Waals surface area contributed by atoms with Gasteiger partial charge in [0.1, 0.15) is 0 Å². The lowest BCUT2D eigenvalue weighted by atomic mass is 10.0. The molecule has 6 heteroatoms. The standard InChI is InChI=1S/C30H35N2O3P/c1-23(15-7-3-8-16-24(2)35-36-34)31-28(25-17-9-4-10-18-25)29(26-19-11-5-12-20-26)32(30(31)33)27-21-13-6-14-22-27/h4-6,9-14,17-24H,3,7-8,15-16,36H2,1-2H3. The Morgan fingerprint density at radius 1 is 0.722 bits per heavy atom. The number of benzene rings is 3. The molecule has 0 N–H and O–H groups in total. The van der Waals surface area contributed by atoms with Crippen LogP contribution < -0.4 is 5.69 Å². The van der Waals surface area contributed by atoms with Crippen molar-refractivity contribution in [3.8, 4) is 28.2 Å². The van der Waals surface area contributed by atoms with E-state index in [1.165, 1.54) is 0 Å². The summed E-state index contributed by atoms with van der Waals surface area (Å²) in [6.45, 7) is 4.11. The van der Waals surface area contributed by atoms with Gasteiger partial charge in [-0.2, -0.15) is 0 Å². The molecule has 0 bridgehead atoms. The molecule has 5 nitrogen and oxygen atoms in total. The van der Waals surface area contributed by atoms with E-state index in [4.69, 9.17) is 4.52 Å². The summed E-state index contributed by atoms with van der Waals surface area (Å²) in [6.07, 6.45) is 4.92. The first kappa shape index (κ1) is 25.9. The van der Waals surface area contributed by atoms with Gasteiger partial charge in [-0.05, 0) is 38.8 Å². The molecule has 1 heterocycles. The fraction of sp³-hybridized carbons (Fsp3) is 0.300. The van der Waals surface area contributed by atoms with E-state index in [1.54, 1.807) is 0 Å². The topological polar surface area (TPSA) is 53.2 Å². The van der Waals surface area contributed by atoms with Crippen molar-refractivity contribution in [3.05, 3.63) is 101 Å². The second-order valence-corrected chi connectivity index (χ2v) is 9.75. The molecule has 0 spiro atoms. The van der Waals surface area contributed by atoms with Crippen molar-refractivity contribution in [1.82, 2.24) is 9.13 Å². The number of para-hydroxylation sites is 1. The Balaban J connectivity index is 1.75. The Labute approximate surface area is 214 Å². The number of unbranched alkanes of at least 4 members (excludes halogenated alkanes) is 2. The van der Waals surface area contributed by atoms with Gasteiger partial charge in [0, 0.05) is 17.2 Å². The minimum atomic E-state index is -1.15. The van der Waals surface area contributed by atoms with Crippen LogP contribution >= 0.6 is 8.69 Å². The summed E-state index contributed by atoms with van der Waals surface area (Å²) in [5, 5.41) is 0. The lowest BCUT2D eigenvalue weighted by molar-refractivity contribution is 0.227. The van der Waals surface area contributed by atoms with Crippen LogP contribution in [0.15, 0.2) is 95.8 Å². The zero-order valence-corrected chi connectivity index (χ0v) is 22.2. The fourth-order valence-corrected chi connectivity index (χ4v) is 5.14. The van der Waals surface area contributed by atoms with Gasteiger partial charge in [-0.3, -0.25) is 13.7 Å². The maximum Gasteiger partial charge on any atom is 0.334 e. The molecule has 188 valence electrons. The monoisotopic (exact) mass is 502 g/mol. The molecular formula is C30H35N2O3P. The molecule has 1 aromatic heterocycles. The van der Waals surface area contributed by atoms with E-state index in [1.807, 2.05) is 82.8 Å². The first-order chi connectivity index (χ1) is 17.6. The van der Waals surface area contributed by atoms with E-state index in [0.717, 1.165) is 60.3 Å². The highest BCUT2D eigenvalue weighted by Crippen LogP contribution is 2.36. The normalized spacial score (nSPS) is 13.3. The van der Waals surface area contributed by atoms with Gasteiger partial charge >= 0.3 is 5.69 Å². The minimum Gasteiger partial charge on any atom is -0.329 e. The molecule has 0 fully saturated rings. The quantitative estimate of drug-likeness (QED) is 0.148. The van der Waals surface area contributed by atoms with Crippen LogP contribution in [-0.4, -0.2) is 15.2 Å². The van der Waals surface area contributed by atoms with Crippen LogP contribution in [0, 0.1) is 0 Å². The van der Waals surface area contributed by atoms with Crippen molar-refractivity contribution < 1.29 is 9.09 Å². The van der Waals surface area contributed by atoms with Crippen LogP contribution in [0.3, 0.4) is 0 Å². The van der Waals surface area contributed by atoms with E-state index < -0.39 is 8.69 Å². The van der Waals surface area contributed by atoms with Crippen LogP contribution in [0.2, 0.25) is 0 Å². The molecule has 3 aromatic carbocycles. The minimum absolute atomic E-state index is 0.0214. The number of nitrogens with zero attached hydrogens (tertiary/aromatic N) is 2. The fourth-order valence-electron chi connectivity index (χ4n) is 4.82. The van der Waals surface area contributed by atoms with E-state index >= 15 is 0 Å². The molecule has 0 aliphatic heterocycles.